The van der Waals surface area contributed by atoms with Crippen molar-refractivity contribution in [3.63, 3.8) is 0 Å². The standard InChI is InChI=1S/C16H13ClN2/c17-18-19(15-8-2-1-3-9-15)16-11-10-13-6-4-5-7-14(13)12-16/h1-12,18H. The molecule has 0 atom stereocenters. The van der Waals surface area contributed by atoms with Crippen molar-refractivity contribution in [2.75, 3.05) is 5.01 Å². The van der Waals surface area contributed by atoms with Crippen molar-refractivity contribution in [3.05, 3.63) is 72.8 Å². The molecule has 0 fully saturated rings. The minimum atomic E-state index is 0.993. The van der Waals surface area contributed by atoms with E-state index in [1.165, 1.54) is 10.8 Å². The van der Waals surface area contributed by atoms with Gasteiger partial charge in [-0.3, -0.25) is 5.01 Å². The molecule has 0 amide bonds. The van der Waals surface area contributed by atoms with Crippen LogP contribution < -0.4 is 9.95 Å². The Morgan fingerprint density at radius 3 is 2.11 bits per heavy atom. The molecule has 3 aromatic rings. The zero-order valence-electron chi connectivity index (χ0n) is 10.3. The summed E-state index contributed by atoms with van der Waals surface area (Å²) in [6, 6.07) is 24.5. The maximum Gasteiger partial charge on any atom is 0.0597 e. The molecular weight excluding hydrogens is 256 g/mol. The van der Waals surface area contributed by atoms with Gasteiger partial charge >= 0.3 is 0 Å². The number of nitrogens with one attached hydrogen (secondary N) is 1. The van der Waals surface area contributed by atoms with E-state index in [1.54, 1.807) is 0 Å². The van der Waals surface area contributed by atoms with Gasteiger partial charge in [0, 0.05) is 0 Å². The molecule has 0 unspecified atom stereocenters. The second-order valence-corrected chi connectivity index (χ2v) is 4.46. The smallest absolute Gasteiger partial charge is 0.0597 e. The summed E-state index contributed by atoms with van der Waals surface area (Å²) < 4.78 is 0. The Bertz CT molecular complexity index is 682. The van der Waals surface area contributed by atoms with Crippen molar-refractivity contribution in [2.24, 2.45) is 0 Å². The molecule has 0 aliphatic rings. The van der Waals surface area contributed by atoms with E-state index in [4.69, 9.17) is 11.8 Å². The SMILES string of the molecule is ClNN(c1ccccc1)c1ccc2ccccc2c1. The van der Waals surface area contributed by atoms with Crippen LogP contribution >= 0.6 is 11.8 Å². The minimum absolute atomic E-state index is 0.993. The number of para-hydroxylation sites is 1. The lowest BCUT2D eigenvalue weighted by molar-refractivity contribution is 0.982. The van der Waals surface area contributed by atoms with Crippen LogP contribution in [0.3, 0.4) is 0 Å². The zero-order valence-corrected chi connectivity index (χ0v) is 11.0. The summed E-state index contributed by atoms with van der Waals surface area (Å²) in [6.45, 7) is 0. The second kappa shape index (κ2) is 5.31. The fourth-order valence-corrected chi connectivity index (χ4v) is 2.33. The van der Waals surface area contributed by atoms with E-state index in [9.17, 15) is 0 Å². The maximum atomic E-state index is 5.86. The highest BCUT2D eigenvalue weighted by atomic mass is 35.5. The van der Waals surface area contributed by atoms with Crippen LogP contribution in [0.15, 0.2) is 72.8 Å². The van der Waals surface area contributed by atoms with Crippen molar-refractivity contribution >= 4 is 33.9 Å². The van der Waals surface area contributed by atoms with Gasteiger partial charge < -0.3 is 0 Å². The number of anilines is 2. The van der Waals surface area contributed by atoms with Crippen molar-refractivity contribution in [3.8, 4) is 0 Å². The predicted molar refractivity (Wildman–Crippen MR) is 81.5 cm³/mol. The first-order chi connectivity index (χ1) is 9.38. The maximum absolute atomic E-state index is 5.86. The first-order valence-corrected chi connectivity index (χ1v) is 6.46. The molecule has 1 N–H and O–H groups in total. The quantitative estimate of drug-likeness (QED) is 0.550. The number of halogens is 1. The van der Waals surface area contributed by atoms with Crippen LogP contribution in [0, 0.1) is 0 Å². The first-order valence-electron chi connectivity index (χ1n) is 6.09. The van der Waals surface area contributed by atoms with Crippen LogP contribution in [0.1, 0.15) is 0 Å². The number of benzene rings is 3. The monoisotopic (exact) mass is 268 g/mol. The van der Waals surface area contributed by atoms with Crippen LogP contribution in [0.5, 0.6) is 0 Å². The van der Waals surface area contributed by atoms with E-state index < -0.39 is 0 Å². The molecule has 0 aliphatic carbocycles. The lowest BCUT2D eigenvalue weighted by Crippen LogP contribution is -2.25. The average molecular weight is 269 g/mol. The van der Waals surface area contributed by atoms with Crippen molar-refractivity contribution in [1.29, 1.82) is 0 Å². The Kier molecular flexibility index (Phi) is 3.36. The Labute approximate surface area is 117 Å². The molecule has 0 spiro atoms. The van der Waals surface area contributed by atoms with E-state index in [1.807, 2.05) is 53.5 Å². The van der Waals surface area contributed by atoms with Gasteiger partial charge in [-0.1, -0.05) is 48.5 Å². The number of hydrogen-bond donors (Lipinski definition) is 1. The highest BCUT2D eigenvalue weighted by molar-refractivity contribution is 6.14. The third-order valence-electron chi connectivity index (χ3n) is 3.09. The summed E-state index contributed by atoms with van der Waals surface area (Å²) in [4.78, 5) is 2.70. The van der Waals surface area contributed by atoms with Crippen molar-refractivity contribution in [1.82, 2.24) is 4.94 Å². The van der Waals surface area contributed by atoms with E-state index >= 15 is 0 Å². The molecule has 3 rings (SSSR count). The molecule has 0 aromatic heterocycles. The van der Waals surface area contributed by atoms with Crippen LogP contribution in [-0.2, 0) is 0 Å². The van der Waals surface area contributed by atoms with Crippen LogP contribution in [0.2, 0.25) is 0 Å². The third kappa shape index (κ3) is 2.41. The number of fused-ring (bicyclic) bond motifs is 1. The molecule has 2 nitrogen and oxygen atoms in total. The van der Waals surface area contributed by atoms with Crippen LogP contribution in [-0.4, -0.2) is 0 Å². The normalized spacial score (nSPS) is 10.6. The number of hydrogen-bond acceptors (Lipinski definition) is 2. The lowest BCUT2D eigenvalue weighted by atomic mass is 10.1. The van der Waals surface area contributed by atoms with E-state index in [0.717, 1.165) is 11.4 Å². The predicted octanol–water partition coefficient (Wildman–Crippen LogP) is 4.64. The van der Waals surface area contributed by atoms with Gasteiger partial charge in [-0.25, -0.2) is 0 Å². The Hall–Kier alpha value is -2.03. The van der Waals surface area contributed by atoms with E-state index in [2.05, 4.69) is 29.2 Å². The lowest BCUT2D eigenvalue weighted by Gasteiger charge is -2.22. The molecule has 0 heterocycles. The summed E-state index contributed by atoms with van der Waals surface area (Å²) >= 11 is 5.86. The van der Waals surface area contributed by atoms with Gasteiger partial charge in [0.1, 0.15) is 0 Å². The number of rotatable bonds is 3. The summed E-state index contributed by atoms with van der Waals surface area (Å²) in [5, 5.41) is 4.25. The first kappa shape index (κ1) is 12.0. The topological polar surface area (TPSA) is 15.3 Å². The fraction of sp³-hybridized carbons (Fsp3) is 0. The number of nitrogens with zero attached hydrogens (tertiary/aromatic N) is 1. The van der Waals surface area contributed by atoms with Gasteiger partial charge in [0.05, 0.1) is 11.4 Å². The van der Waals surface area contributed by atoms with E-state index in [0.29, 0.717) is 0 Å². The van der Waals surface area contributed by atoms with Crippen molar-refractivity contribution < 1.29 is 0 Å². The highest BCUT2D eigenvalue weighted by Gasteiger charge is 2.07. The molecular formula is C16H13ClN2. The summed E-state index contributed by atoms with van der Waals surface area (Å²) in [5.41, 5.74) is 1.99. The molecule has 3 aromatic carbocycles. The van der Waals surface area contributed by atoms with Crippen LogP contribution in [0.4, 0.5) is 11.4 Å². The largest absolute Gasteiger partial charge is 0.263 e. The average Bonchev–Trinajstić information content (AvgIpc) is 2.49. The second-order valence-electron chi connectivity index (χ2n) is 4.29. The minimum Gasteiger partial charge on any atom is -0.263 e. The van der Waals surface area contributed by atoms with Crippen LogP contribution in [0.25, 0.3) is 10.8 Å². The summed E-state index contributed by atoms with van der Waals surface area (Å²) in [7, 11) is 0. The van der Waals surface area contributed by atoms with E-state index in [-0.39, 0.29) is 0 Å². The molecule has 0 radical (unpaired) electrons. The van der Waals surface area contributed by atoms with Crippen molar-refractivity contribution in [2.45, 2.75) is 0 Å². The van der Waals surface area contributed by atoms with Gasteiger partial charge in [0.15, 0.2) is 0 Å². The summed E-state index contributed by atoms with van der Waals surface area (Å²) in [5.74, 6) is 0. The zero-order chi connectivity index (χ0) is 13.1. The van der Waals surface area contributed by atoms with Gasteiger partial charge in [0.2, 0.25) is 0 Å². The molecule has 3 heteroatoms. The molecule has 94 valence electrons. The molecule has 19 heavy (non-hydrogen) atoms. The molecule has 0 saturated carbocycles. The molecule has 0 saturated heterocycles. The Balaban J connectivity index is 2.06. The summed E-state index contributed by atoms with van der Waals surface area (Å²) in [6.07, 6.45) is 0. The Morgan fingerprint density at radius 2 is 1.37 bits per heavy atom. The van der Waals surface area contributed by atoms with Gasteiger partial charge in [0.25, 0.3) is 0 Å². The highest BCUT2D eigenvalue weighted by Crippen LogP contribution is 2.26. The Morgan fingerprint density at radius 1 is 0.684 bits per heavy atom. The third-order valence-corrected chi connectivity index (χ3v) is 3.26. The van der Waals surface area contributed by atoms with Gasteiger partial charge in [-0.2, -0.15) is 0 Å². The van der Waals surface area contributed by atoms with Gasteiger partial charge in [-0.15, -0.1) is 4.94 Å². The molecule has 0 aliphatic heterocycles. The molecule has 0 bridgehead atoms. The fourth-order valence-electron chi connectivity index (χ4n) is 2.14. The number of hydrazine groups is 1. The van der Waals surface area contributed by atoms with Gasteiger partial charge in [-0.05, 0) is 46.8 Å².